The number of carbonyl (C=O) groups is 2. The second-order valence-corrected chi connectivity index (χ2v) is 6.83. The summed E-state index contributed by atoms with van der Waals surface area (Å²) >= 11 is 0. The molecule has 0 fully saturated rings. The quantitative estimate of drug-likeness (QED) is 0.581. The van der Waals surface area contributed by atoms with Crippen molar-refractivity contribution in [1.29, 1.82) is 0 Å². The van der Waals surface area contributed by atoms with Crippen molar-refractivity contribution in [3.8, 4) is 5.75 Å². The maximum Gasteiger partial charge on any atom is 0.247 e. The van der Waals surface area contributed by atoms with Gasteiger partial charge in [0.15, 0.2) is 0 Å². The van der Waals surface area contributed by atoms with Gasteiger partial charge in [0.2, 0.25) is 11.8 Å². The number of carbonyl (C=O) groups excluding carboxylic acids is 2. The molecule has 3 aromatic rings. The summed E-state index contributed by atoms with van der Waals surface area (Å²) in [6, 6.07) is 19.6. The van der Waals surface area contributed by atoms with Crippen LogP contribution >= 0.6 is 0 Å². The van der Waals surface area contributed by atoms with Crippen LogP contribution in [0, 0.1) is 0 Å². The standard InChI is InChI=1S/C24H26N2O4/c1-3-22(27)26(17-21-10-7-15-30-21)23(19-11-13-20(29-2)14-12-19)24(28)25-16-18-8-5-4-6-9-18/h4-15,23H,3,16-17H2,1-2H3,(H,25,28). The lowest BCUT2D eigenvalue weighted by molar-refractivity contribution is -0.141. The minimum Gasteiger partial charge on any atom is -0.497 e. The van der Waals surface area contributed by atoms with Gasteiger partial charge in [0.25, 0.3) is 0 Å². The zero-order valence-corrected chi connectivity index (χ0v) is 17.2. The first-order valence-electron chi connectivity index (χ1n) is 9.89. The van der Waals surface area contributed by atoms with Gasteiger partial charge in [-0.3, -0.25) is 9.59 Å². The normalized spacial score (nSPS) is 11.5. The van der Waals surface area contributed by atoms with Gasteiger partial charge in [0, 0.05) is 13.0 Å². The van der Waals surface area contributed by atoms with Crippen molar-refractivity contribution in [2.45, 2.75) is 32.5 Å². The van der Waals surface area contributed by atoms with Crippen LogP contribution in [-0.2, 0) is 22.7 Å². The lowest BCUT2D eigenvalue weighted by atomic mass is 10.0. The molecule has 1 heterocycles. The molecular formula is C24H26N2O4. The van der Waals surface area contributed by atoms with Crippen molar-refractivity contribution in [1.82, 2.24) is 10.2 Å². The third-order valence-electron chi connectivity index (χ3n) is 4.83. The fourth-order valence-electron chi connectivity index (χ4n) is 3.24. The molecule has 6 nitrogen and oxygen atoms in total. The van der Waals surface area contributed by atoms with Crippen LogP contribution in [0.2, 0.25) is 0 Å². The average molecular weight is 406 g/mol. The third-order valence-corrected chi connectivity index (χ3v) is 4.83. The molecule has 6 heteroatoms. The molecule has 0 aliphatic carbocycles. The zero-order valence-electron chi connectivity index (χ0n) is 17.2. The third kappa shape index (κ3) is 5.29. The highest BCUT2D eigenvalue weighted by Crippen LogP contribution is 2.26. The summed E-state index contributed by atoms with van der Waals surface area (Å²) < 4.78 is 10.7. The molecule has 156 valence electrons. The van der Waals surface area contributed by atoms with E-state index in [1.807, 2.05) is 42.5 Å². The van der Waals surface area contributed by atoms with E-state index in [1.54, 1.807) is 49.5 Å². The van der Waals surface area contributed by atoms with Gasteiger partial charge in [0.1, 0.15) is 17.6 Å². The van der Waals surface area contributed by atoms with Crippen molar-refractivity contribution in [2.24, 2.45) is 0 Å². The van der Waals surface area contributed by atoms with Crippen LogP contribution in [0.4, 0.5) is 0 Å². The molecular weight excluding hydrogens is 380 g/mol. The van der Waals surface area contributed by atoms with E-state index in [4.69, 9.17) is 9.15 Å². The van der Waals surface area contributed by atoms with Gasteiger partial charge in [0.05, 0.1) is 19.9 Å². The van der Waals surface area contributed by atoms with E-state index in [0.717, 1.165) is 5.56 Å². The summed E-state index contributed by atoms with van der Waals surface area (Å²) in [4.78, 5) is 27.7. The molecule has 2 amide bonds. The Kier molecular flexibility index (Phi) is 7.27. The predicted octanol–water partition coefficient (Wildman–Crippen LogP) is 4.08. The molecule has 1 unspecified atom stereocenters. The first-order chi connectivity index (χ1) is 14.6. The van der Waals surface area contributed by atoms with Crippen LogP contribution in [0.15, 0.2) is 77.4 Å². The fraction of sp³-hybridized carbons (Fsp3) is 0.250. The molecule has 1 N–H and O–H groups in total. The molecule has 30 heavy (non-hydrogen) atoms. The summed E-state index contributed by atoms with van der Waals surface area (Å²) in [6.07, 6.45) is 1.83. The smallest absolute Gasteiger partial charge is 0.247 e. The maximum atomic E-state index is 13.3. The molecule has 0 radical (unpaired) electrons. The number of rotatable bonds is 9. The largest absolute Gasteiger partial charge is 0.497 e. The van der Waals surface area contributed by atoms with Gasteiger partial charge in [-0.15, -0.1) is 0 Å². The van der Waals surface area contributed by atoms with Gasteiger partial charge in [-0.2, -0.15) is 0 Å². The lowest BCUT2D eigenvalue weighted by Crippen LogP contribution is -2.43. The minimum absolute atomic E-state index is 0.137. The Morgan fingerprint density at radius 1 is 1.03 bits per heavy atom. The number of benzene rings is 2. The molecule has 1 aromatic heterocycles. The van der Waals surface area contributed by atoms with Crippen LogP contribution in [0.1, 0.15) is 36.3 Å². The highest BCUT2D eigenvalue weighted by molar-refractivity contribution is 5.88. The number of amides is 2. The summed E-state index contributed by atoms with van der Waals surface area (Å²) in [6.45, 7) is 2.36. The van der Waals surface area contributed by atoms with E-state index in [1.165, 1.54) is 0 Å². The number of hydrogen-bond acceptors (Lipinski definition) is 4. The van der Waals surface area contributed by atoms with Crippen LogP contribution in [-0.4, -0.2) is 23.8 Å². The first-order valence-corrected chi connectivity index (χ1v) is 9.89. The van der Waals surface area contributed by atoms with Gasteiger partial charge in [-0.25, -0.2) is 0 Å². The first kappa shape index (κ1) is 21.2. The summed E-state index contributed by atoms with van der Waals surface area (Å²) in [5, 5.41) is 2.97. The second-order valence-electron chi connectivity index (χ2n) is 6.83. The Hall–Kier alpha value is -3.54. The van der Waals surface area contributed by atoms with E-state index in [0.29, 0.717) is 23.6 Å². The van der Waals surface area contributed by atoms with E-state index >= 15 is 0 Å². The molecule has 0 saturated heterocycles. The Labute approximate surface area is 176 Å². The Morgan fingerprint density at radius 2 is 1.77 bits per heavy atom. The topological polar surface area (TPSA) is 71.8 Å². The molecule has 0 spiro atoms. The number of ether oxygens (including phenoxy) is 1. The molecule has 0 saturated carbocycles. The summed E-state index contributed by atoms with van der Waals surface area (Å²) in [5.74, 6) is 0.909. The zero-order chi connectivity index (χ0) is 21.3. The second kappa shape index (κ2) is 10.3. The lowest BCUT2D eigenvalue weighted by Gasteiger charge is -2.30. The molecule has 0 aliphatic rings. The van der Waals surface area contributed by atoms with E-state index in [-0.39, 0.29) is 24.8 Å². The van der Waals surface area contributed by atoms with Gasteiger partial charge >= 0.3 is 0 Å². The number of hydrogen-bond donors (Lipinski definition) is 1. The number of nitrogens with zero attached hydrogens (tertiary/aromatic N) is 1. The molecule has 1 atom stereocenters. The Balaban J connectivity index is 1.91. The number of furan rings is 1. The molecule has 0 bridgehead atoms. The highest BCUT2D eigenvalue weighted by Gasteiger charge is 2.31. The number of nitrogens with one attached hydrogen (secondary N) is 1. The summed E-state index contributed by atoms with van der Waals surface area (Å²) in [7, 11) is 1.59. The van der Waals surface area contributed by atoms with E-state index < -0.39 is 6.04 Å². The van der Waals surface area contributed by atoms with Gasteiger partial charge in [-0.1, -0.05) is 49.4 Å². The Morgan fingerprint density at radius 3 is 2.37 bits per heavy atom. The van der Waals surface area contributed by atoms with E-state index in [9.17, 15) is 9.59 Å². The minimum atomic E-state index is -0.794. The van der Waals surface area contributed by atoms with Crippen LogP contribution in [0.3, 0.4) is 0 Å². The summed E-state index contributed by atoms with van der Waals surface area (Å²) in [5.41, 5.74) is 1.69. The Bertz CT molecular complexity index is 937. The molecule has 2 aromatic carbocycles. The number of methoxy groups -OCH3 is 1. The average Bonchev–Trinajstić information content (AvgIpc) is 3.31. The van der Waals surface area contributed by atoms with Crippen LogP contribution in [0.25, 0.3) is 0 Å². The maximum absolute atomic E-state index is 13.3. The molecule has 0 aliphatic heterocycles. The van der Waals surface area contributed by atoms with Crippen LogP contribution < -0.4 is 10.1 Å². The van der Waals surface area contributed by atoms with E-state index in [2.05, 4.69) is 5.32 Å². The van der Waals surface area contributed by atoms with Gasteiger partial charge < -0.3 is 19.4 Å². The monoisotopic (exact) mass is 406 g/mol. The van der Waals surface area contributed by atoms with Gasteiger partial charge in [-0.05, 0) is 35.4 Å². The fourth-order valence-corrected chi connectivity index (χ4v) is 3.24. The van der Waals surface area contributed by atoms with Crippen LogP contribution in [0.5, 0.6) is 5.75 Å². The highest BCUT2D eigenvalue weighted by atomic mass is 16.5. The predicted molar refractivity (Wildman–Crippen MR) is 114 cm³/mol. The molecule has 3 rings (SSSR count). The van der Waals surface area contributed by atoms with Crippen molar-refractivity contribution in [3.63, 3.8) is 0 Å². The van der Waals surface area contributed by atoms with Crippen molar-refractivity contribution < 1.29 is 18.7 Å². The van der Waals surface area contributed by atoms with Crippen molar-refractivity contribution >= 4 is 11.8 Å². The van der Waals surface area contributed by atoms with Crippen molar-refractivity contribution in [2.75, 3.05) is 7.11 Å². The SMILES string of the molecule is CCC(=O)N(Cc1ccco1)C(C(=O)NCc1ccccc1)c1ccc(OC)cc1. The van der Waals surface area contributed by atoms with Crippen molar-refractivity contribution in [3.05, 3.63) is 89.9 Å².